The lowest BCUT2D eigenvalue weighted by atomic mass is 10.0. The Morgan fingerprint density at radius 2 is 2.00 bits per heavy atom. The summed E-state index contributed by atoms with van der Waals surface area (Å²) in [5.74, 6) is -0.0310. The largest absolute Gasteiger partial charge is 0.352 e. The number of nitrogens with one attached hydrogen (secondary N) is 2. The molecule has 31 heavy (non-hydrogen) atoms. The molecule has 0 aliphatic carbocycles. The minimum Gasteiger partial charge on any atom is -0.352 e. The smallest absolute Gasteiger partial charge is 0.226 e. The fraction of sp³-hybridized carbons (Fsp3) is 0.292. The van der Waals surface area contributed by atoms with Crippen molar-refractivity contribution in [2.45, 2.75) is 32.4 Å². The number of aryl methyl sites for hydroxylation is 2. The van der Waals surface area contributed by atoms with Crippen LogP contribution in [0.1, 0.15) is 41.1 Å². The summed E-state index contributed by atoms with van der Waals surface area (Å²) in [6.45, 7) is 4.61. The van der Waals surface area contributed by atoms with Gasteiger partial charge in [-0.2, -0.15) is 0 Å². The van der Waals surface area contributed by atoms with Gasteiger partial charge in [-0.3, -0.25) is 9.78 Å². The average molecular weight is 434 g/mol. The number of nitrogens with zero attached hydrogens (tertiary/aromatic N) is 3. The van der Waals surface area contributed by atoms with Crippen LogP contribution in [-0.2, 0) is 11.8 Å². The van der Waals surface area contributed by atoms with Gasteiger partial charge in [-0.1, -0.05) is 18.2 Å². The van der Waals surface area contributed by atoms with Gasteiger partial charge in [0.1, 0.15) is 0 Å². The summed E-state index contributed by atoms with van der Waals surface area (Å²) in [5.41, 5.74) is 5.16. The molecule has 0 bridgehead atoms. The number of carbonyl (C=O) groups is 1. The van der Waals surface area contributed by atoms with Crippen LogP contribution in [0.2, 0.25) is 0 Å². The maximum atomic E-state index is 12.6. The maximum Gasteiger partial charge on any atom is 0.226 e. The first-order valence-electron chi connectivity index (χ1n) is 10.4. The van der Waals surface area contributed by atoms with Crippen LogP contribution in [0.15, 0.2) is 60.8 Å². The van der Waals surface area contributed by atoms with E-state index in [9.17, 15) is 4.79 Å². The van der Waals surface area contributed by atoms with E-state index in [4.69, 9.17) is 12.2 Å². The van der Waals surface area contributed by atoms with Gasteiger partial charge < -0.3 is 20.1 Å². The fourth-order valence-corrected chi connectivity index (χ4v) is 4.40. The highest BCUT2D eigenvalue weighted by Gasteiger charge is 2.41. The second-order valence-corrected chi connectivity index (χ2v) is 8.33. The molecule has 160 valence electrons. The van der Waals surface area contributed by atoms with Gasteiger partial charge in [0.2, 0.25) is 5.91 Å². The number of thiocarbonyl (C=S) groups is 1. The molecule has 0 saturated carbocycles. The van der Waals surface area contributed by atoms with Crippen LogP contribution < -0.4 is 10.6 Å². The lowest BCUT2D eigenvalue weighted by Gasteiger charge is -2.28. The van der Waals surface area contributed by atoms with Gasteiger partial charge in [0.05, 0.1) is 17.8 Å². The number of carbonyl (C=O) groups excluding carboxylic acids is 1. The van der Waals surface area contributed by atoms with E-state index < -0.39 is 0 Å². The third-order valence-electron chi connectivity index (χ3n) is 5.79. The zero-order chi connectivity index (χ0) is 22.0. The van der Waals surface area contributed by atoms with Crippen LogP contribution in [-0.4, -0.2) is 32.0 Å². The SMILES string of the molecule is Cc1cccc(NC(=O)CCN2C(=S)N[C@H](c3ccccn3)[C@@H]2c2ccc(C)n2C)c1. The highest BCUT2D eigenvalue weighted by molar-refractivity contribution is 7.80. The summed E-state index contributed by atoms with van der Waals surface area (Å²) in [5, 5.41) is 7.07. The van der Waals surface area contributed by atoms with E-state index in [2.05, 4.69) is 51.2 Å². The van der Waals surface area contributed by atoms with Gasteiger partial charge in [-0.05, 0) is 68.0 Å². The first-order valence-corrected chi connectivity index (χ1v) is 10.8. The lowest BCUT2D eigenvalue weighted by Crippen LogP contribution is -2.33. The molecule has 0 unspecified atom stereocenters. The quantitative estimate of drug-likeness (QED) is 0.575. The zero-order valence-corrected chi connectivity index (χ0v) is 18.8. The average Bonchev–Trinajstić information content (AvgIpc) is 3.25. The maximum absolute atomic E-state index is 12.6. The second-order valence-electron chi connectivity index (χ2n) is 7.95. The highest BCUT2D eigenvalue weighted by Crippen LogP contribution is 2.38. The van der Waals surface area contributed by atoms with E-state index in [0.717, 1.165) is 22.6 Å². The predicted molar refractivity (Wildman–Crippen MR) is 127 cm³/mol. The lowest BCUT2D eigenvalue weighted by molar-refractivity contribution is -0.116. The fourth-order valence-electron chi connectivity index (χ4n) is 4.07. The summed E-state index contributed by atoms with van der Waals surface area (Å²) in [7, 11) is 2.06. The van der Waals surface area contributed by atoms with Crippen LogP contribution in [0.3, 0.4) is 0 Å². The summed E-state index contributed by atoms with van der Waals surface area (Å²) in [4.78, 5) is 19.3. The van der Waals surface area contributed by atoms with Crippen molar-refractivity contribution in [3.05, 3.63) is 83.4 Å². The number of rotatable bonds is 6. The van der Waals surface area contributed by atoms with Crippen molar-refractivity contribution >= 4 is 28.9 Å². The first-order chi connectivity index (χ1) is 14.9. The molecule has 3 aromatic rings. The first kappa shape index (κ1) is 21.1. The van der Waals surface area contributed by atoms with E-state index >= 15 is 0 Å². The Kier molecular flexibility index (Phi) is 6.04. The molecule has 1 saturated heterocycles. The van der Waals surface area contributed by atoms with Crippen LogP contribution in [0.4, 0.5) is 5.69 Å². The number of pyridine rings is 1. The molecule has 2 atom stereocenters. The van der Waals surface area contributed by atoms with Gasteiger partial charge in [0.25, 0.3) is 0 Å². The van der Waals surface area contributed by atoms with E-state index in [1.165, 1.54) is 5.69 Å². The Bertz CT molecular complexity index is 1090. The number of anilines is 1. The van der Waals surface area contributed by atoms with Crippen molar-refractivity contribution in [1.29, 1.82) is 0 Å². The number of aromatic nitrogens is 2. The molecule has 1 amide bonds. The third-order valence-corrected chi connectivity index (χ3v) is 6.15. The second kappa shape index (κ2) is 8.89. The standard InChI is InChI=1S/C24H27N5OS/c1-16-7-6-8-18(15-16)26-21(30)12-14-29-23(20-11-10-17(2)28(20)3)22(27-24(29)31)19-9-4-5-13-25-19/h4-11,13,15,22-23H,12,14H2,1-3H3,(H,26,30)(H,27,31)/t22-,23+/m1/s1. The van der Waals surface area contributed by atoms with Crippen molar-refractivity contribution < 1.29 is 4.79 Å². The van der Waals surface area contributed by atoms with E-state index in [-0.39, 0.29) is 18.0 Å². The van der Waals surface area contributed by atoms with Gasteiger partial charge in [0.15, 0.2) is 5.11 Å². The normalized spacial score (nSPS) is 18.2. The molecule has 3 heterocycles. The van der Waals surface area contributed by atoms with E-state index in [0.29, 0.717) is 18.1 Å². The Balaban J connectivity index is 1.55. The molecule has 0 radical (unpaired) electrons. The molecule has 4 rings (SSSR count). The van der Waals surface area contributed by atoms with Gasteiger partial charge in [-0.15, -0.1) is 0 Å². The molecular formula is C24H27N5OS. The monoisotopic (exact) mass is 433 g/mol. The summed E-state index contributed by atoms with van der Waals surface area (Å²) >= 11 is 5.69. The summed E-state index contributed by atoms with van der Waals surface area (Å²) in [6.07, 6.45) is 2.13. The number of benzene rings is 1. The topological polar surface area (TPSA) is 62.2 Å². The van der Waals surface area contributed by atoms with E-state index in [1.54, 1.807) is 6.20 Å². The van der Waals surface area contributed by atoms with Crippen molar-refractivity contribution in [3.8, 4) is 0 Å². The molecule has 7 heteroatoms. The predicted octanol–water partition coefficient (Wildman–Crippen LogP) is 4.04. The summed E-state index contributed by atoms with van der Waals surface area (Å²) < 4.78 is 2.18. The molecule has 1 aliphatic rings. The molecule has 0 spiro atoms. The molecule has 1 aromatic carbocycles. The van der Waals surface area contributed by atoms with Gasteiger partial charge in [0, 0.05) is 43.3 Å². The Morgan fingerprint density at radius 1 is 1.16 bits per heavy atom. The number of amides is 1. The van der Waals surface area contributed by atoms with Crippen LogP contribution in [0.5, 0.6) is 0 Å². The van der Waals surface area contributed by atoms with Crippen LogP contribution in [0.25, 0.3) is 0 Å². The van der Waals surface area contributed by atoms with Crippen molar-refractivity contribution in [2.75, 3.05) is 11.9 Å². The molecule has 1 aliphatic heterocycles. The van der Waals surface area contributed by atoms with Crippen LogP contribution in [0, 0.1) is 13.8 Å². The Hall–Kier alpha value is -3.19. The Labute approximate surface area is 188 Å². The van der Waals surface area contributed by atoms with Crippen molar-refractivity contribution in [2.24, 2.45) is 7.05 Å². The minimum atomic E-state index is -0.0819. The van der Waals surface area contributed by atoms with E-state index in [1.807, 2.05) is 49.4 Å². The zero-order valence-electron chi connectivity index (χ0n) is 18.0. The Morgan fingerprint density at radius 3 is 2.68 bits per heavy atom. The highest BCUT2D eigenvalue weighted by atomic mass is 32.1. The minimum absolute atomic E-state index is 0.0310. The van der Waals surface area contributed by atoms with Gasteiger partial charge in [-0.25, -0.2) is 0 Å². The molecule has 6 nitrogen and oxygen atoms in total. The van der Waals surface area contributed by atoms with Crippen molar-refractivity contribution in [1.82, 2.24) is 19.8 Å². The third kappa shape index (κ3) is 4.46. The summed E-state index contributed by atoms with van der Waals surface area (Å²) in [6, 6.07) is 17.8. The molecular weight excluding hydrogens is 406 g/mol. The number of hydrogen-bond acceptors (Lipinski definition) is 3. The molecule has 1 fully saturated rings. The number of hydrogen-bond donors (Lipinski definition) is 2. The molecule has 2 N–H and O–H groups in total. The van der Waals surface area contributed by atoms with Crippen LogP contribution >= 0.6 is 12.2 Å². The molecule has 2 aromatic heterocycles. The van der Waals surface area contributed by atoms with Gasteiger partial charge >= 0.3 is 0 Å². The van der Waals surface area contributed by atoms with Crippen molar-refractivity contribution in [3.63, 3.8) is 0 Å².